The molecule has 0 aliphatic carbocycles. The van der Waals surface area contributed by atoms with E-state index in [1.165, 1.54) is 0 Å². The van der Waals surface area contributed by atoms with Gasteiger partial charge in [0.25, 0.3) is 5.92 Å². The minimum absolute atomic E-state index is 0.108. The molecule has 0 radical (unpaired) electrons. The molecule has 2 N–H and O–H groups in total. The molecule has 0 saturated carbocycles. The minimum Gasteiger partial charge on any atom is -0.336 e. The van der Waals surface area contributed by atoms with Crippen LogP contribution in [0.1, 0.15) is 12.0 Å². The van der Waals surface area contributed by atoms with Crippen LogP contribution in [0.3, 0.4) is 0 Å². The summed E-state index contributed by atoms with van der Waals surface area (Å²) in [6, 6.07) is 11.4. The fourth-order valence-electron chi connectivity index (χ4n) is 4.90. The zero-order valence-corrected chi connectivity index (χ0v) is 20.1. The monoisotopic (exact) mass is 509 g/mol. The molecule has 9 nitrogen and oxygen atoms in total. The first-order valence-electron chi connectivity index (χ1n) is 12.2. The Balaban J connectivity index is 1.24. The predicted octanol–water partition coefficient (Wildman–Crippen LogP) is 4.86. The topological polar surface area (TPSA) is 112 Å². The number of hydrogen-bond acceptors (Lipinski definition) is 7. The highest BCUT2D eigenvalue weighted by Crippen LogP contribution is 2.31. The normalized spacial score (nSPS) is 15.5. The Bertz CT molecular complexity index is 1780. The summed E-state index contributed by atoms with van der Waals surface area (Å²) in [5.74, 6) is -2.06. The summed E-state index contributed by atoms with van der Waals surface area (Å²) < 4.78 is 27.2. The van der Waals surface area contributed by atoms with Gasteiger partial charge in [0.05, 0.1) is 29.0 Å². The van der Waals surface area contributed by atoms with E-state index in [2.05, 4.69) is 30.1 Å². The maximum atomic E-state index is 13.6. The van der Waals surface area contributed by atoms with E-state index in [1.54, 1.807) is 35.9 Å². The predicted molar refractivity (Wildman–Crippen MR) is 138 cm³/mol. The van der Waals surface area contributed by atoms with Crippen LogP contribution in [0.25, 0.3) is 56.1 Å². The molecule has 0 unspecified atom stereocenters. The van der Waals surface area contributed by atoms with E-state index in [0.29, 0.717) is 41.3 Å². The second kappa shape index (κ2) is 8.73. The Labute approximate surface area is 215 Å². The van der Waals surface area contributed by atoms with Gasteiger partial charge in [0, 0.05) is 61.6 Å². The van der Waals surface area contributed by atoms with Crippen LogP contribution < -0.4 is 0 Å². The van der Waals surface area contributed by atoms with E-state index in [4.69, 9.17) is 9.97 Å². The van der Waals surface area contributed by atoms with E-state index >= 15 is 0 Å². The van der Waals surface area contributed by atoms with Crippen molar-refractivity contribution in [3.05, 3.63) is 72.9 Å². The molecule has 11 heteroatoms. The summed E-state index contributed by atoms with van der Waals surface area (Å²) in [5, 5.41) is 7.52. The van der Waals surface area contributed by atoms with Gasteiger partial charge in [-0.05, 0) is 42.0 Å². The number of nitrogens with one attached hydrogen (secondary N) is 2. The van der Waals surface area contributed by atoms with Crippen LogP contribution in [-0.4, -0.2) is 64.0 Å². The van der Waals surface area contributed by atoms with Crippen molar-refractivity contribution in [2.75, 3.05) is 13.1 Å². The fraction of sp³-hybridized carbons (Fsp3) is 0.185. The minimum atomic E-state index is -2.62. The first kappa shape index (κ1) is 22.5. The maximum Gasteiger partial charge on any atom is 0.261 e. The SMILES string of the molecule is FC1(F)CCN(Cc2cncc(-c3ccc4[nH]nc(-c5nc6c(-c7cccnc7)nccc6[nH]5)c4n3)c2)C1. The van der Waals surface area contributed by atoms with Gasteiger partial charge in [0.2, 0.25) is 0 Å². The zero-order chi connectivity index (χ0) is 25.7. The molecule has 1 aliphatic heterocycles. The number of halogens is 2. The Hall–Kier alpha value is -4.64. The lowest BCUT2D eigenvalue weighted by atomic mass is 10.1. The molecular weight excluding hydrogens is 488 g/mol. The van der Waals surface area contributed by atoms with E-state index in [9.17, 15) is 8.78 Å². The number of alkyl halides is 2. The molecule has 7 heterocycles. The van der Waals surface area contributed by atoms with Crippen molar-refractivity contribution in [2.24, 2.45) is 0 Å². The first-order valence-corrected chi connectivity index (χ1v) is 12.2. The summed E-state index contributed by atoms with van der Waals surface area (Å²) in [7, 11) is 0. The van der Waals surface area contributed by atoms with Crippen molar-refractivity contribution in [1.82, 2.24) is 45.0 Å². The summed E-state index contributed by atoms with van der Waals surface area (Å²) in [6.07, 6.45) is 8.53. The highest BCUT2D eigenvalue weighted by atomic mass is 19.3. The number of fused-ring (bicyclic) bond motifs is 2. The standard InChI is InChI=1S/C27H21F2N9/c28-27(29)6-9-38(15-27)14-16-10-18(13-31-11-16)19-3-4-21-24(33-19)25(37-36-21)26-34-20-5-8-32-22(23(20)35-26)17-2-1-7-30-12-17/h1-5,7-8,10-13H,6,9,14-15H2,(H,34,35)(H,36,37). The number of H-pyrrole nitrogens is 2. The molecule has 188 valence electrons. The van der Waals surface area contributed by atoms with Crippen molar-refractivity contribution >= 4 is 22.1 Å². The summed E-state index contributed by atoms with van der Waals surface area (Å²) in [4.78, 5) is 27.9. The second-order valence-electron chi connectivity index (χ2n) is 9.45. The number of hydrogen-bond donors (Lipinski definition) is 2. The van der Waals surface area contributed by atoms with Crippen LogP contribution in [0.4, 0.5) is 8.78 Å². The van der Waals surface area contributed by atoms with Gasteiger partial charge in [-0.1, -0.05) is 0 Å². The lowest BCUT2D eigenvalue weighted by Gasteiger charge is -2.15. The molecule has 6 aromatic heterocycles. The highest BCUT2D eigenvalue weighted by molar-refractivity contribution is 5.94. The third-order valence-electron chi connectivity index (χ3n) is 6.71. The quantitative estimate of drug-likeness (QED) is 0.341. The molecular formula is C27H21F2N9. The van der Waals surface area contributed by atoms with Gasteiger partial charge < -0.3 is 4.98 Å². The Kier molecular flexibility index (Phi) is 5.18. The van der Waals surface area contributed by atoms with Crippen LogP contribution in [-0.2, 0) is 6.54 Å². The van der Waals surface area contributed by atoms with Gasteiger partial charge in [-0.25, -0.2) is 18.7 Å². The van der Waals surface area contributed by atoms with Crippen LogP contribution >= 0.6 is 0 Å². The molecule has 1 saturated heterocycles. The Morgan fingerprint density at radius 2 is 1.79 bits per heavy atom. The van der Waals surface area contributed by atoms with E-state index in [0.717, 1.165) is 33.4 Å². The molecule has 0 spiro atoms. The number of aromatic nitrogens is 8. The first-order chi connectivity index (χ1) is 18.5. The average molecular weight is 510 g/mol. The Morgan fingerprint density at radius 1 is 0.895 bits per heavy atom. The van der Waals surface area contributed by atoms with Crippen LogP contribution in [0.15, 0.2) is 67.4 Å². The van der Waals surface area contributed by atoms with E-state index in [1.807, 2.05) is 36.4 Å². The van der Waals surface area contributed by atoms with Crippen molar-refractivity contribution in [3.8, 4) is 34.0 Å². The number of aromatic amines is 2. The molecule has 1 aliphatic rings. The lowest BCUT2D eigenvalue weighted by molar-refractivity contribution is 0.0115. The van der Waals surface area contributed by atoms with Gasteiger partial charge in [0.15, 0.2) is 11.5 Å². The smallest absolute Gasteiger partial charge is 0.261 e. The Morgan fingerprint density at radius 3 is 2.63 bits per heavy atom. The van der Waals surface area contributed by atoms with Crippen molar-refractivity contribution in [1.29, 1.82) is 0 Å². The summed E-state index contributed by atoms with van der Waals surface area (Å²) in [5.41, 5.74) is 7.50. The van der Waals surface area contributed by atoms with E-state index in [-0.39, 0.29) is 13.0 Å². The number of likely N-dealkylation sites (tertiary alicyclic amines) is 1. The van der Waals surface area contributed by atoms with Crippen LogP contribution in [0.5, 0.6) is 0 Å². The molecule has 1 fully saturated rings. The van der Waals surface area contributed by atoms with Gasteiger partial charge in [0.1, 0.15) is 11.0 Å². The molecule has 7 rings (SSSR count). The third kappa shape index (κ3) is 4.06. The summed E-state index contributed by atoms with van der Waals surface area (Å²) >= 11 is 0. The van der Waals surface area contributed by atoms with E-state index < -0.39 is 5.92 Å². The zero-order valence-electron chi connectivity index (χ0n) is 20.1. The number of nitrogens with zero attached hydrogens (tertiary/aromatic N) is 7. The van der Waals surface area contributed by atoms with Gasteiger partial charge in [-0.15, -0.1) is 0 Å². The molecule has 0 aromatic carbocycles. The number of rotatable bonds is 5. The lowest BCUT2D eigenvalue weighted by Crippen LogP contribution is -2.24. The number of imidazole rings is 1. The largest absolute Gasteiger partial charge is 0.336 e. The molecule has 0 amide bonds. The third-order valence-corrected chi connectivity index (χ3v) is 6.71. The molecule has 0 bridgehead atoms. The van der Waals surface area contributed by atoms with Crippen molar-refractivity contribution in [2.45, 2.75) is 18.9 Å². The van der Waals surface area contributed by atoms with Gasteiger partial charge in [-0.3, -0.25) is 25.0 Å². The molecule has 0 atom stereocenters. The van der Waals surface area contributed by atoms with Gasteiger partial charge >= 0.3 is 0 Å². The van der Waals surface area contributed by atoms with Crippen LogP contribution in [0.2, 0.25) is 0 Å². The molecule has 38 heavy (non-hydrogen) atoms. The van der Waals surface area contributed by atoms with Gasteiger partial charge in [-0.2, -0.15) is 5.10 Å². The summed E-state index contributed by atoms with van der Waals surface area (Å²) in [6.45, 7) is 0.562. The average Bonchev–Trinajstić information content (AvgIpc) is 3.64. The van der Waals surface area contributed by atoms with Crippen molar-refractivity contribution < 1.29 is 8.78 Å². The van der Waals surface area contributed by atoms with Crippen LogP contribution in [0, 0.1) is 0 Å². The maximum absolute atomic E-state index is 13.6. The number of pyridine rings is 4. The second-order valence-corrected chi connectivity index (χ2v) is 9.45. The fourth-order valence-corrected chi connectivity index (χ4v) is 4.90. The van der Waals surface area contributed by atoms with Crippen molar-refractivity contribution in [3.63, 3.8) is 0 Å². The highest BCUT2D eigenvalue weighted by Gasteiger charge is 2.37. The molecule has 6 aromatic rings.